The SMILES string of the molecule is O=C(Nc1ccccc1N1CCOCC1)c1cc(-c2ccc(-c3ccccc3)cc2)nc2ccccc12. The second kappa shape index (κ2) is 10.2. The molecule has 0 spiro atoms. The minimum atomic E-state index is -0.151. The van der Waals surface area contributed by atoms with Crippen LogP contribution in [-0.4, -0.2) is 37.2 Å². The number of aromatic nitrogens is 1. The predicted octanol–water partition coefficient (Wildman–Crippen LogP) is 6.66. The molecule has 1 aliphatic heterocycles. The Labute approximate surface area is 216 Å². The molecule has 1 amide bonds. The number of para-hydroxylation sites is 3. The molecule has 1 fully saturated rings. The number of carbonyl (C=O) groups excluding carboxylic acids is 1. The summed E-state index contributed by atoms with van der Waals surface area (Å²) in [5, 5.41) is 4.00. The van der Waals surface area contributed by atoms with Gasteiger partial charge in [0.1, 0.15) is 0 Å². The average molecular weight is 486 g/mol. The van der Waals surface area contributed by atoms with Crippen molar-refractivity contribution in [3.8, 4) is 22.4 Å². The Kier molecular flexibility index (Phi) is 6.36. The first-order valence-electron chi connectivity index (χ1n) is 12.5. The zero-order valence-corrected chi connectivity index (χ0v) is 20.4. The smallest absolute Gasteiger partial charge is 0.256 e. The van der Waals surface area contributed by atoms with Crippen molar-refractivity contribution in [1.82, 2.24) is 4.98 Å². The van der Waals surface area contributed by atoms with Crippen LogP contribution in [0.15, 0.2) is 109 Å². The van der Waals surface area contributed by atoms with Gasteiger partial charge in [-0.3, -0.25) is 4.79 Å². The van der Waals surface area contributed by atoms with Gasteiger partial charge in [-0.25, -0.2) is 4.98 Å². The maximum absolute atomic E-state index is 13.7. The first-order chi connectivity index (χ1) is 18.3. The van der Waals surface area contributed by atoms with Gasteiger partial charge in [-0.15, -0.1) is 0 Å². The zero-order valence-electron chi connectivity index (χ0n) is 20.4. The van der Waals surface area contributed by atoms with Crippen LogP contribution in [0.2, 0.25) is 0 Å². The first kappa shape index (κ1) is 23.0. The Morgan fingerprint density at radius 2 is 1.38 bits per heavy atom. The molecular weight excluding hydrogens is 458 g/mol. The standard InChI is InChI=1S/C32H27N3O2/c36-32(34-29-12-6-7-13-31(29)35-18-20-37-21-19-35)27-22-30(33-28-11-5-4-10-26(27)28)25-16-14-24(15-17-25)23-8-2-1-3-9-23/h1-17,22H,18-21H2,(H,34,36). The lowest BCUT2D eigenvalue weighted by molar-refractivity contribution is 0.102. The molecule has 2 heterocycles. The Balaban J connectivity index is 1.35. The molecule has 1 saturated heterocycles. The third kappa shape index (κ3) is 4.82. The highest BCUT2D eigenvalue weighted by Crippen LogP contribution is 2.30. The van der Waals surface area contributed by atoms with Crippen molar-refractivity contribution >= 4 is 28.2 Å². The molecule has 0 bridgehead atoms. The van der Waals surface area contributed by atoms with Gasteiger partial charge in [0.25, 0.3) is 5.91 Å². The highest BCUT2D eigenvalue weighted by molar-refractivity contribution is 6.14. The molecule has 182 valence electrons. The number of nitrogens with zero attached hydrogens (tertiary/aromatic N) is 2. The van der Waals surface area contributed by atoms with Gasteiger partial charge in [0.15, 0.2) is 0 Å². The van der Waals surface area contributed by atoms with Gasteiger partial charge in [-0.05, 0) is 35.4 Å². The van der Waals surface area contributed by atoms with Crippen molar-refractivity contribution in [3.05, 3.63) is 115 Å². The van der Waals surface area contributed by atoms with Crippen LogP contribution in [0.3, 0.4) is 0 Å². The van der Waals surface area contributed by atoms with Gasteiger partial charge in [0.2, 0.25) is 0 Å². The fourth-order valence-electron chi connectivity index (χ4n) is 4.82. The predicted molar refractivity (Wildman–Crippen MR) is 150 cm³/mol. The molecule has 6 rings (SSSR count). The third-order valence-electron chi connectivity index (χ3n) is 6.75. The van der Waals surface area contributed by atoms with Crippen LogP contribution in [0.25, 0.3) is 33.3 Å². The van der Waals surface area contributed by atoms with Gasteiger partial charge in [-0.1, -0.05) is 84.9 Å². The summed E-state index contributed by atoms with van der Waals surface area (Å²) in [5.41, 5.74) is 7.24. The number of nitrogens with one attached hydrogen (secondary N) is 1. The Hall–Kier alpha value is -4.48. The van der Waals surface area contributed by atoms with Crippen LogP contribution in [0, 0.1) is 0 Å². The van der Waals surface area contributed by atoms with E-state index in [0.29, 0.717) is 18.8 Å². The fraction of sp³-hybridized carbons (Fsp3) is 0.125. The largest absolute Gasteiger partial charge is 0.378 e. The summed E-state index contributed by atoms with van der Waals surface area (Å²) in [6.45, 7) is 2.97. The molecule has 1 aromatic heterocycles. The summed E-state index contributed by atoms with van der Waals surface area (Å²) < 4.78 is 5.51. The van der Waals surface area contributed by atoms with E-state index in [4.69, 9.17) is 9.72 Å². The highest BCUT2D eigenvalue weighted by Gasteiger charge is 2.18. The summed E-state index contributed by atoms with van der Waals surface area (Å²) in [7, 11) is 0. The number of amides is 1. The number of hydrogen-bond acceptors (Lipinski definition) is 4. The maximum Gasteiger partial charge on any atom is 0.256 e. The first-order valence-corrected chi connectivity index (χ1v) is 12.5. The topological polar surface area (TPSA) is 54.5 Å². The van der Waals surface area contributed by atoms with Gasteiger partial charge in [0, 0.05) is 24.0 Å². The minimum Gasteiger partial charge on any atom is -0.378 e. The number of carbonyl (C=O) groups is 1. The molecule has 37 heavy (non-hydrogen) atoms. The van der Waals surface area contributed by atoms with Crippen LogP contribution in [-0.2, 0) is 4.74 Å². The molecule has 0 atom stereocenters. The van der Waals surface area contributed by atoms with Crippen LogP contribution < -0.4 is 10.2 Å². The number of morpholine rings is 1. The van der Waals surface area contributed by atoms with E-state index < -0.39 is 0 Å². The number of rotatable bonds is 5. The lowest BCUT2D eigenvalue weighted by Gasteiger charge is -2.30. The molecule has 1 N–H and O–H groups in total. The van der Waals surface area contributed by atoms with Crippen molar-refractivity contribution < 1.29 is 9.53 Å². The Morgan fingerprint density at radius 1 is 0.730 bits per heavy atom. The lowest BCUT2D eigenvalue weighted by atomic mass is 10.0. The monoisotopic (exact) mass is 485 g/mol. The maximum atomic E-state index is 13.7. The van der Waals surface area contributed by atoms with Gasteiger partial charge < -0.3 is 15.0 Å². The van der Waals surface area contributed by atoms with E-state index in [2.05, 4.69) is 46.6 Å². The second-order valence-electron chi connectivity index (χ2n) is 9.09. The summed E-state index contributed by atoms with van der Waals surface area (Å²) in [6, 6.07) is 36.3. The van der Waals surface area contributed by atoms with Crippen LogP contribution in [0.1, 0.15) is 10.4 Å². The molecule has 1 aliphatic rings. The molecule has 0 radical (unpaired) electrons. The summed E-state index contributed by atoms with van der Waals surface area (Å²) in [6.07, 6.45) is 0. The molecule has 0 unspecified atom stereocenters. The lowest BCUT2D eigenvalue weighted by Crippen LogP contribution is -2.36. The summed E-state index contributed by atoms with van der Waals surface area (Å²) in [4.78, 5) is 20.8. The number of benzene rings is 4. The van der Waals surface area contributed by atoms with Gasteiger partial charge in [0.05, 0.1) is 41.4 Å². The van der Waals surface area contributed by atoms with Crippen molar-refractivity contribution in [1.29, 1.82) is 0 Å². The highest BCUT2D eigenvalue weighted by atomic mass is 16.5. The van der Waals surface area contributed by atoms with E-state index >= 15 is 0 Å². The third-order valence-corrected chi connectivity index (χ3v) is 6.75. The van der Waals surface area contributed by atoms with Crippen molar-refractivity contribution in [2.45, 2.75) is 0 Å². The van der Waals surface area contributed by atoms with Crippen LogP contribution in [0.5, 0.6) is 0 Å². The van der Waals surface area contributed by atoms with Gasteiger partial charge in [-0.2, -0.15) is 0 Å². The van der Waals surface area contributed by atoms with E-state index in [9.17, 15) is 4.79 Å². The molecule has 0 aliphatic carbocycles. The molecule has 0 saturated carbocycles. The molecule has 5 heteroatoms. The van der Waals surface area contributed by atoms with E-state index in [-0.39, 0.29) is 5.91 Å². The van der Waals surface area contributed by atoms with E-state index in [1.54, 1.807) is 0 Å². The summed E-state index contributed by atoms with van der Waals surface area (Å²) >= 11 is 0. The minimum absolute atomic E-state index is 0.151. The fourth-order valence-corrected chi connectivity index (χ4v) is 4.82. The molecule has 5 aromatic rings. The zero-order chi connectivity index (χ0) is 25.0. The number of hydrogen-bond donors (Lipinski definition) is 1. The van der Waals surface area contributed by atoms with Crippen molar-refractivity contribution in [3.63, 3.8) is 0 Å². The van der Waals surface area contributed by atoms with Crippen molar-refractivity contribution in [2.24, 2.45) is 0 Å². The van der Waals surface area contributed by atoms with Crippen molar-refractivity contribution in [2.75, 3.05) is 36.5 Å². The molecule has 5 nitrogen and oxygen atoms in total. The van der Waals surface area contributed by atoms with E-state index in [1.165, 1.54) is 5.56 Å². The van der Waals surface area contributed by atoms with E-state index in [0.717, 1.165) is 52.2 Å². The van der Waals surface area contributed by atoms with E-state index in [1.807, 2.05) is 72.8 Å². The number of ether oxygens (including phenoxy) is 1. The Bertz CT molecular complexity index is 1540. The van der Waals surface area contributed by atoms with Crippen LogP contribution in [0.4, 0.5) is 11.4 Å². The quantitative estimate of drug-likeness (QED) is 0.303. The number of anilines is 2. The molecular formula is C32H27N3O2. The average Bonchev–Trinajstić information content (AvgIpc) is 2.98. The number of pyridine rings is 1. The second-order valence-corrected chi connectivity index (χ2v) is 9.09. The summed E-state index contributed by atoms with van der Waals surface area (Å²) in [5.74, 6) is -0.151. The van der Waals surface area contributed by atoms with Gasteiger partial charge >= 0.3 is 0 Å². The van der Waals surface area contributed by atoms with Crippen LogP contribution >= 0.6 is 0 Å². The Morgan fingerprint density at radius 3 is 2.19 bits per heavy atom. The molecule has 4 aromatic carbocycles. The number of fused-ring (bicyclic) bond motifs is 1. The normalized spacial score (nSPS) is 13.5.